The highest BCUT2D eigenvalue weighted by atomic mass is 19.1. The van der Waals surface area contributed by atoms with E-state index >= 15 is 0 Å². The largest absolute Gasteiger partial charge is 0.475 e. The number of halogens is 1. The van der Waals surface area contributed by atoms with E-state index in [-0.39, 0.29) is 17.2 Å². The Morgan fingerprint density at radius 3 is 2.47 bits per heavy atom. The molecule has 98 valence electrons. The van der Waals surface area contributed by atoms with Gasteiger partial charge in [0.25, 0.3) is 5.91 Å². The number of aromatic carboxylic acids is 1. The van der Waals surface area contributed by atoms with E-state index in [0.717, 1.165) is 11.6 Å². The first kappa shape index (κ1) is 12.8. The Bertz CT molecular complexity index is 648. The molecule has 6 heteroatoms. The second-order valence-corrected chi connectivity index (χ2v) is 3.91. The molecule has 2 aromatic rings. The van der Waals surface area contributed by atoms with Crippen molar-refractivity contribution in [1.29, 1.82) is 0 Å². The van der Waals surface area contributed by atoms with Crippen molar-refractivity contribution in [1.82, 2.24) is 0 Å². The van der Waals surface area contributed by atoms with E-state index in [1.54, 1.807) is 13.0 Å². The number of nitrogens with one attached hydrogen (secondary N) is 1. The van der Waals surface area contributed by atoms with Crippen LogP contribution >= 0.6 is 0 Å². The molecule has 0 aliphatic rings. The lowest BCUT2D eigenvalue weighted by molar-refractivity contribution is 0.0660. The summed E-state index contributed by atoms with van der Waals surface area (Å²) >= 11 is 0. The molecule has 0 atom stereocenters. The van der Waals surface area contributed by atoms with Crippen molar-refractivity contribution in [3.05, 3.63) is 53.2 Å². The summed E-state index contributed by atoms with van der Waals surface area (Å²) in [5.74, 6) is -3.11. The number of carbonyl (C=O) groups is 2. The number of anilines is 1. The van der Waals surface area contributed by atoms with Gasteiger partial charge < -0.3 is 14.8 Å². The van der Waals surface area contributed by atoms with Crippen molar-refractivity contribution in [2.45, 2.75) is 6.92 Å². The fraction of sp³-hybridized carbons (Fsp3) is 0.0769. The van der Waals surface area contributed by atoms with Crippen LogP contribution in [0.1, 0.15) is 26.7 Å². The molecule has 1 aromatic heterocycles. The summed E-state index contributed by atoms with van der Waals surface area (Å²) < 4.78 is 18.3. The standard InChI is InChI=1S/C13H10FNO4/c1-7-2-3-9(8(14)6-7)15-12(16)10-4-5-11(19-10)13(17)18/h2-6H,1H3,(H,15,16)(H,17,18). The number of hydrogen-bond donors (Lipinski definition) is 2. The molecule has 0 radical (unpaired) electrons. The van der Waals surface area contributed by atoms with Crippen LogP contribution in [-0.4, -0.2) is 17.0 Å². The Labute approximate surface area is 107 Å². The van der Waals surface area contributed by atoms with Gasteiger partial charge in [-0.15, -0.1) is 0 Å². The molecule has 0 fully saturated rings. The van der Waals surface area contributed by atoms with Gasteiger partial charge in [-0.05, 0) is 36.8 Å². The zero-order valence-electron chi connectivity index (χ0n) is 9.94. The number of furan rings is 1. The summed E-state index contributed by atoms with van der Waals surface area (Å²) in [6, 6.07) is 6.71. The van der Waals surface area contributed by atoms with E-state index in [1.807, 2.05) is 0 Å². The summed E-state index contributed by atoms with van der Waals surface area (Å²) in [4.78, 5) is 22.3. The van der Waals surface area contributed by atoms with E-state index in [0.29, 0.717) is 0 Å². The van der Waals surface area contributed by atoms with Crippen LogP contribution in [0, 0.1) is 12.7 Å². The molecule has 0 unspecified atom stereocenters. The highest BCUT2D eigenvalue weighted by Gasteiger charge is 2.16. The number of carboxylic acids is 1. The molecule has 1 aromatic carbocycles. The third-order valence-corrected chi connectivity index (χ3v) is 2.41. The second-order valence-electron chi connectivity index (χ2n) is 3.91. The van der Waals surface area contributed by atoms with Gasteiger partial charge in [0.05, 0.1) is 5.69 Å². The lowest BCUT2D eigenvalue weighted by Gasteiger charge is -2.05. The van der Waals surface area contributed by atoms with Crippen molar-refractivity contribution in [3.63, 3.8) is 0 Å². The Morgan fingerprint density at radius 2 is 1.89 bits per heavy atom. The van der Waals surface area contributed by atoms with E-state index in [2.05, 4.69) is 5.32 Å². The molecule has 1 amide bonds. The van der Waals surface area contributed by atoms with Crippen LogP contribution in [0.3, 0.4) is 0 Å². The minimum Gasteiger partial charge on any atom is -0.475 e. The number of aryl methyl sites for hydroxylation is 1. The highest BCUT2D eigenvalue weighted by molar-refractivity contribution is 6.03. The molecule has 0 aliphatic carbocycles. The van der Waals surface area contributed by atoms with Gasteiger partial charge in [0.15, 0.2) is 5.76 Å². The third kappa shape index (κ3) is 2.79. The van der Waals surface area contributed by atoms with Crippen molar-refractivity contribution < 1.29 is 23.5 Å². The zero-order chi connectivity index (χ0) is 14.0. The Balaban J connectivity index is 2.18. The van der Waals surface area contributed by atoms with E-state index in [4.69, 9.17) is 9.52 Å². The lowest BCUT2D eigenvalue weighted by Crippen LogP contribution is -2.12. The first-order chi connectivity index (χ1) is 8.97. The number of carboxylic acid groups (broad SMARTS) is 1. The number of hydrogen-bond acceptors (Lipinski definition) is 3. The summed E-state index contributed by atoms with van der Waals surface area (Å²) in [6.07, 6.45) is 0. The predicted octanol–water partition coefficient (Wildman–Crippen LogP) is 2.68. The van der Waals surface area contributed by atoms with E-state index < -0.39 is 17.7 Å². The van der Waals surface area contributed by atoms with E-state index in [9.17, 15) is 14.0 Å². The Hall–Kier alpha value is -2.63. The van der Waals surface area contributed by atoms with Crippen molar-refractivity contribution in [3.8, 4) is 0 Å². The number of amides is 1. The fourth-order valence-electron chi connectivity index (χ4n) is 1.48. The van der Waals surface area contributed by atoms with E-state index in [1.165, 1.54) is 18.2 Å². The molecule has 19 heavy (non-hydrogen) atoms. The fourth-order valence-corrected chi connectivity index (χ4v) is 1.48. The maximum absolute atomic E-state index is 13.5. The summed E-state index contributed by atoms with van der Waals surface area (Å²) in [5.41, 5.74) is 0.727. The van der Waals surface area contributed by atoms with Crippen LogP contribution in [0.25, 0.3) is 0 Å². The van der Waals surface area contributed by atoms with Gasteiger partial charge in [-0.2, -0.15) is 0 Å². The van der Waals surface area contributed by atoms with Gasteiger partial charge in [-0.25, -0.2) is 9.18 Å². The maximum atomic E-state index is 13.5. The summed E-state index contributed by atoms with van der Waals surface area (Å²) in [7, 11) is 0. The number of benzene rings is 1. The van der Waals surface area contributed by atoms with Crippen LogP contribution in [0.4, 0.5) is 10.1 Å². The first-order valence-electron chi connectivity index (χ1n) is 5.38. The minimum absolute atomic E-state index is 0.00359. The monoisotopic (exact) mass is 263 g/mol. The Kier molecular flexibility index (Phi) is 3.33. The molecule has 0 aliphatic heterocycles. The lowest BCUT2D eigenvalue weighted by atomic mass is 10.2. The smallest absolute Gasteiger partial charge is 0.371 e. The topological polar surface area (TPSA) is 79.5 Å². The van der Waals surface area contributed by atoms with Crippen molar-refractivity contribution in [2.24, 2.45) is 0 Å². The van der Waals surface area contributed by atoms with Gasteiger partial charge in [-0.3, -0.25) is 4.79 Å². The quantitative estimate of drug-likeness (QED) is 0.892. The van der Waals surface area contributed by atoms with Gasteiger partial charge in [0.2, 0.25) is 5.76 Å². The molecule has 0 saturated heterocycles. The van der Waals surface area contributed by atoms with Gasteiger partial charge in [0.1, 0.15) is 5.82 Å². The molecule has 5 nitrogen and oxygen atoms in total. The normalized spacial score (nSPS) is 10.2. The van der Waals surface area contributed by atoms with Crippen LogP contribution in [0.15, 0.2) is 34.7 Å². The number of rotatable bonds is 3. The average Bonchev–Trinajstić information content (AvgIpc) is 2.82. The zero-order valence-corrected chi connectivity index (χ0v) is 9.94. The molecule has 2 rings (SSSR count). The molecule has 0 spiro atoms. The van der Waals surface area contributed by atoms with Crippen LogP contribution in [-0.2, 0) is 0 Å². The minimum atomic E-state index is -1.28. The first-order valence-corrected chi connectivity index (χ1v) is 5.38. The molecular weight excluding hydrogens is 253 g/mol. The molecule has 1 heterocycles. The van der Waals surface area contributed by atoms with Gasteiger partial charge in [-0.1, -0.05) is 6.07 Å². The number of carbonyl (C=O) groups excluding carboxylic acids is 1. The highest BCUT2D eigenvalue weighted by Crippen LogP contribution is 2.17. The summed E-state index contributed by atoms with van der Waals surface area (Å²) in [5, 5.41) is 11.0. The Morgan fingerprint density at radius 1 is 1.21 bits per heavy atom. The van der Waals surface area contributed by atoms with Gasteiger partial charge >= 0.3 is 5.97 Å². The molecular formula is C13H10FNO4. The van der Waals surface area contributed by atoms with Gasteiger partial charge in [0, 0.05) is 0 Å². The average molecular weight is 263 g/mol. The van der Waals surface area contributed by atoms with Crippen LogP contribution < -0.4 is 5.32 Å². The predicted molar refractivity (Wildman–Crippen MR) is 64.8 cm³/mol. The molecule has 0 bridgehead atoms. The van der Waals surface area contributed by atoms with Crippen molar-refractivity contribution >= 4 is 17.6 Å². The van der Waals surface area contributed by atoms with Crippen LogP contribution in [0.2, 0.25) is 0 Å². The SMILES string of the molecule is Cc1ccc(NC(=O)c2ccc(C(=O)O)o2)c(F)c1. The maximum Gasteiger partial charge on any atom is 0.371 e. The molecule has 0 saturated carbocycles. The van der Waals surface area contributed by atoms with Crippen molar-refractivity contribution in [2.75, 3.05) is 5.32 Å². The third-order valence-electron chi connectivity index (χ3n) is 2.41. The molecule has 2 N–H and O–H groups in total. The summed E-state index contributed by atoms with van der Waals surface area (Å²) in [6.45, 7) is 1.72. The van der Waals surface area contributed by atoms with Crippen LogP contribution in [0.5, 0.6) is 0 Å². The second kappa shape index (κ2) is 4.93.